The zero-order valence-corrected chi connectivity index (χ0v) is 17.2. The molecule has 3 rings (SSSR count). The summed E-state index contributed by atoms with van der Waals surface area (Å²) >= 11 is 12.0. The number of carbonyl (C=O) groups excluding carboxylic acids is 1. The summed E-state index contributed by atoms with van der Waals surface area (Å²) in [6, 6.07) is 17.9. The van der Waals surface area contributed by atoms with E-state index >= 15 is 0 Å². The van der Waals surface area contributed by atoms with Gasteiger partial charge in [-0.1, -0.05) is 0 Å². The lowest BCUT2D eigenvalue weighted by Crippen LogP contribution is -2.01. The van der Waals surface area contributed by atoms with Crippen LogP contribution in [-0.4, -0.2) is 12.9 Å². The van der Waals surface area contributed by atoms with Gasteiger partial charge in [-0.3, -0.25) is 4.79 Å². The molecule has 0 spiro atoms. The second kappa shape index (κ2) is 9.13. The number of halogens is 2. The van der Waals surface area contributed by atoms with E-state index in [-0.39, 0.29) is 5.78 Å². The third-order valence-corrected chi connectivity index (χ3v) is 5.16. The summed E-state index contributed by atoms with van der Waals surface area (Å²) < 4.78 is 11.1. The van der Waals surface area contributed by atoms with Gasteiger partial charge < -0.3 is 9.47 Å². The zero-order chi connectivity index (χ0) is 20.1. The fourth-order valence-electron chi connectivity index (χ4n) is 2.86. The van der Waals surface area contributed by atoms with E-state index in [0.29, 0.717) is 40.1 Å². The molecule has 3 nitrogen and oxygen atoms in total. The number of alkyl halides is 2. The Bertz CT molecular complexity index is 939. The smallest absolute Gasteiger partial charge is 0.193 e. The molecule has 0 saturated carbocycles. The SMILES string of the molecule is COc1ccc(C(=O)c2ccc(Oc3cc(CCl)c(C)c(CCl)c3)cc2)cc1. The molecule has 0 aliphatic rings. The fourth-order valence-corrected chi connectivity index (χ4v) is 3.42. The number of ketones is 1. The molecule has 28 heavy (non-hydrogen) atoms. The van der Waals surface area contributed by atoms with Crippen LogP contribution in [0.4, 0.5) is 0 Å². The van der Waals surface area contributed by atoms with Crippen molar-refractivity contribution in [2.45, 2.75) is 18.7 Å². The molecule has 0 unspecified atom stereocenters. The number of methoxy groups -OCH3 is 1. The number of hydrogen-bond donors (Lipinski definition) is 0. The molecule has 5 heteroatoms. The standard InChI is InChI=1S/C23H20Cl2O3/c1-15-18(13-24)11-22(12-19(15)14-25)28-21-9-5-17(6-10-21)23(26)16-3-7-20(27-2)8-4-16/h3-12H,13-14H2,1-2H3. The Morgan fingerprint density at radius 2 is 1.25 bits per heavy atom. The van der Waals surface area contributed by atoms with Crippen LogP contribution in [0.5, 0.6) is 17.2 Å². The molecule has 0 saturated heterocycles. The van der Waals surface area contributed by atoms with E-state index in [1.165, 1.54) is 0 Å². The highest BCUT2D eigenvalue weighted by Crippen LogP contribution is 2.29. The van der Waals surface area contributed by atoms with Crippen molar-refractivity contribution in [3.8, 4) is 17.2 Å². The van der Waals surface area contributed by atoms with Crippen LogP contribution in [-0.2, 0) is 11.8 Å². The van der Waals surface area contributed by atoms with Crippen LogP contribution < -0.4 is 9.47 Å². The number of ether oxygens (including phenoxy) is 2. The van der Waals surface area contributed by atoms with Crippen molar-refractivity contribution >= 4 is 29.0 Å². The third kappa shape index (κ3) is 4.49. The second-order valence-electron chi connectivity index (χ2n) is 6.32. The van der Waals surface area contributed by atoms with Gasteiger partial charge in [0.25, 0.3) is 0 Å². The molecule has 0 heterocycles. The maximum absolute atomic E-state index is 12.6. The summed E-state index contributed by atoms with van der Waals surface area (Å²) in [5, 5.41) is 0. The van der Waals surface area contributed by atoms with Gasteiger partial charge in [0, 0.05) is 22.9 Å². The summed E-state index contributed by atoms with van der Waals surface area (Å²) in [4.78, 5) is 12.6. The average molecular weight is 415 g/mol. The Hall–Kier alpha value is -2.49. The third-order valence-electron chi connectivity index (χ3n) is 4.59. The molecule has 3 aromatic rings. The van der Waals surface area contributed by atoms with Gasteiger partial charge in [0.15, 0.2) is 5.78 Å². The van der Waals surface area contributed by atoms with Gasteiger partial charge in [0.1, 0.15) is 17.2 Å². The predicted molar refractivity (Wildman–Crippen MR) is 113 cm³/mol. The predicted octanol–water partition coefficient (Wildman–Crippen LogP) is 6.50. The van der Waals surface area contributed by atoms with Gasteiger partial charge in [-0.25, -0.2) is 0 Å². The molecular formula is C23H20Cl2O3. The Labute approximate surface area is 174 Å². The molecule has 0 fully saturated rings. The summed E-state index contributed by atoms with van der Waals surface area (Å²) in [7, 11) is 1.59. The highest BCUT2D eigenvalue weighted by Gasteiger charge is 2.11. The van der Waals surface area contributed by atoms with Gasteiger partial charge >= 0.3 is 0 Å². The van der Waals surface area contributed by atoms with Crippen molar-refractivity contribution in [1.29, 1.82) is 0 Å². The van der Waals surface area contributed by atoms with Crippen molar-refractivity contribution in [3.63, 3.8) is 0 Å². The Kier molecular flexibility index (Phi) is 6.61. The molecule has 0 amide bonds. The Morgan fingerprint density at radius 1 is 0.786 bits per heavy atom. The zero-order valence-electron chi connectivity index (χ0n) is 15.7. The van der Waals surface area contributed by atoms with Crippen molar-refractivity contribution in [2.75, 3.05) is 7.11 Å². The number of carbonyl (C=O) groups is 1. The first-order chi connectivity index (χ1) is 13.5. The fraction of sp³-hybridized carbons (Fsp3) is 0.174. The molecular weight excluding hydrogens is 395 g/mol. The van der Waals surface area contributed by atoms with E-state index in [1.807, 2.05) is 19.1 Å². The van der Waals surface area contributed by atoms with Crippen LogP contribution in [0.1, 0.15) is 32.6 Å². The quantitative estimate of drug-likeness (QED) is 0.326. The minimum absolute atomic E-state index is 0.0570. The highest BCUT2D eigenvalue weighted by molar-refractivity contribution is 6.18. The largest absolute Gasteiger partial charge is 0.497 e. The van der Waals surface area contributed by atoms with Crippen LogP contribution in [0, 0.1) is 6.92 Å². The lowest BCUT2D eigenvalue weighted by atomic mass is 10.0. The van der Waals surface area contributed by atoms with Crippen molar-refractivity contribution in [1.82, 2.24) is 0 Å². The monoisotopic (exact) mass is 414 g/mol. The summed E-state index contributed by atoms with van der Waals surface area (Å²) in [5.41, 5.74) is 4.25. The molecule has 0 bridgehead atoms. The minimum Gasteiger partial charge on any atom is -0.497 e. The van der Waals surface area contributed by atoms with Gasteiger partial charge in [0.05, 0.1) is 7.11 Å². The lowest BCUT2D eigenvalue weighted by Gasteiger charge is -2.13. The highest BCUT2D eigenvalue weighted by atomic mass is 35.5. The topological polar surface area (TPSA) is 35.5 Å². The van der Waals surface area contributed by atoms with Gasteiger partial charge in [-0.2, -0.15) is 0 Å². The maximum Gasteiger partial charge on any atom is 0.193 e. The second-order valence-corrected chi connectivity index (χ2v) is 6.85. The lowest BCUT2D eigenvalue weighted by molar-refractivity contribution is 0.103. The normalized spacial score (nSPS) is 10.6. The minimum atomic E-state index is -0.0570. The van der Waals surface area contributed by atoms with Gasteiger partial charge in [-0.05, 0) is 84.3 Å². The van der Waals surface area contributed by atoms with Crippen LogP contribution in [0.2, 0.25) is 0 Å². The van der Waals surface area contributed by atoms with Crippen molar-refractivity contribution in [3.05, 3.63) is 88.5 Å². The van der Waals surface area contributed by atoms with E-state index in [4.69, 9.17) is 32.7 Å². The maximum atomic E-state index is 12.6. The molecule has 0 N–H and O–H groups in total. The van der Waals surface area contributed by atoms with Gasteiger partial charge in [0.2, 0.25) is 0 Å². The first-order valence-electron chi connectivity index (χ1n) is 8.76. The van der Waals surface area contributed by atoms with Crippen LogP contribution in [0.3, 0.4) is 0 Å². The van der Waals surface area contributed by atoms with E-state index in [9.17, 15) is 4.79 Å². The summed E-state index contributed by atoms with van der Waals surface area (Å²) in [6.07, 6.45) is 0. The van der Waals surface area contributed by atoms with Crippen LogP contribution in [0.15, 0.2) is 60.7 Å². The first kappa shape index (κ1) is 20.2. The molecule has 0 radical (unpaired) electrons. The molecule has 3 aromatic carbocycles. The Balaban J connectivity index is 1.78. The van der Waals surface area contributed by atoms with Crippen LogP contribution >= 0.6 is 23.2 Å². The van der Waals surface area contributed by atoms with E-state index in [0.717, 1.165) is 16.7 Å². The molecule has 0 aliphatic heterocycles. The van der Waals surface area contributed by atoms with Crippen LogP contribution in [0.25, 0.3) is 0 Å². The molecule has 0 aromatic heterocycles. The summed E-state index contributed by atoms with van der Waals surface area (Å²) in [5.74, 6) is 2.75. The molecule has 0 atom stereocenters. The number of hydrogen-bond acceptors (Lipinski definition) is 3. The number of benzene rings is 3. The number of rotatable bonds is 7. The first-order valence-corrected chi connectivity index (χ1v) is 9.83. The van der Waals surface area contributed by atoms with Crippen molar-refractivity contribution in [2.24, 2.45) is 0 Å². The Morgan fingerprint density at radius 3 is 1.68 bits per heavy atom. The van der Waals surface area contributed by atoms with E-state index in [1.54, 1.807) is 55.6 Å². The van der Waals surface area contributed by atoms with E-state index < -0.39 is 0 Å². The average Bonchev–Trinajstić information content (AvgIpc) is 2.75. The van der Waals surface area contributed by atoms with Gasteiger partial charge in [-0.15, -0.1) is 23.2 Å². The van der Waals surface area contributed by atoms with Crippen molar-refractivity contribution < 1.29 is 14.3 Å². The van der Waals surface area contributed by atoms with E-state index in [2.05, 4.69) is 0 Å². The summed E-state index contributed by atoms with van der Waals surface area (Å²) in [6.45, 7) is 2.00. The molecule has 144 valence electrons. The molecule has 0 aliphatic carbocycles.